The molecule has 72 valence electrons. The maximum atomic E-state index is 5.39. The molecule has 0 radical (unpaired) electrons. The van der Waals surface area contributed by atoms with Crippen molar-refractivity contribution < 1.29 is 0 Å². The Balaban J connectivity index is 2.55. The zero-order valence-electron chi connectivity index (χ0n) is 8.07. The van der Waals surface area contributed by atoms with Gasteiger partial charge in [-0.3, -0.25) is 0 Å². The molecule has 2 rings (SSSR count). The van der Waals surface area contributed by atoms with E-state index in [0.717, 1.165) is 15.6 Å². The van der Waals surface area contributed by atoms with Gasteiger partial charge in [0.25, 0.3) is 0 Å². The van der Waals surface area contributed by atoms with E-state index in [-0.39, 0.29) is 0 Å². The van der Waals surface area contributed by atoms with Gasteiger partial charge in [0.1, 0.15) is 0 Å². The van der Waals surface area contributed by atoms with E-state index < -0.39 is 0 Å². The van der Waals surface area contributed by atoms with E-state index in [2.05, 4.69) is 40.0 Å². The van der Waals surface area contributed by atoms with Crippen LogP contribution in [-0.4, -0.2) is 0 Å². The second-order valence-corrected chi connectivity index (χ2v) is 4.15. The van der Waals surface area contributed by atoms with E-state index in [4.69, 9.17) is 6.42 Å². The first-order valence-electron chi connectivity index (χ1n) is 4.62. The zero-order valence-corrected chi connectivity index (χ0v) is 9.66. The van der Waals surface area contributed by atoms with Gasteiger partial charge in [-0.15, -0.1) is 6.42 Å². The van der Waals surface area contributed by atoms with Crippen molar-refractivity contribution in [3.8, 4) is 23.5 Å². The molecule has 0 amide bonds. The molecular weight excluding hydrogens is 248 g/mol. The highest BCUT2D eigenvalue weighted by Crippen LogP contribution is 2.24. The lowest BCUT2D eigenvalue weighted by atomic mass is 10.0. The Hall–Kier alpha value is -1.52. The Morgan fingerprint density at radius 1 is 0.933 bits per heavy atom. The highest BCUT2D eigenvalue weighted by molar-refractivity contribution is 9.10. The Morgan fingerprint density at radius 2 is 1.67 bits per heavy atom. The Bertz CT molecular complexity index is 507. The van der Waals surface area contributed by atoms with Crippen LogP contribution in [0.25, 0.3) is 11.1 Å². The number of halogens is 1. The summed E-state index contributed by atoms with van der Waals surface area (Å²) in [4.78, 5) is 0. The third-order valence-electron chi connectivity index (χ3n) is 2.17. The van der Waals surface area contributed by atoms with Gasteiger partial charge < -0.3 is 0 Å². The molecule has 0 aromatic heterocycles. The molecule has 0 N–H and O–H groups in total. The minimum Gasteiger partial charge on any atom is -0.115 e. The molecule has 0 bridgehead atoms. The molecule has 1 heteroatoms. The Morgan fingerprint density at radius 3 is 2.33 bits per heavy atom. The molecule has 2 aromatic rings. The van der Waals surface area contributed by atoms with Crippen molar-refractivity contribution in [1.82, 2.24) is 0 Å². The van der Waals surface area contributed by atoms with Crippen molar-refractivity contribution in [3.63, 3.8) is 0 Å². The minimum atomic E-state index is 0.892. The first-order chi connectivity index (χ1) is 7.29. The molecule has 0 aliphatic carbocycles. The van der Waals surface area contributed by atoms with Crippen LogP contribution in [0.2, 0.25) is 0 Å². The smallest absolute Gasteiger partial charge is 0.0259 e. The number of hydrogen-bond acceptors (Lipinski definition) is 0. The molecule has 0 heterocycles. The van der Waals surface area contributed by atoms with E-state index in [1.165, 1.54) is 5.56 Å². The SMILES string of the molecule is C#Cc1cc(Br)cc(-c2ccccc2)c1. The summed E-state index contributed by atoms with van der Waals surface area (Å²) in [6.45, 7) is 0. The summed E-state index contributed by atoms with van der Waals surface area (Å²) in [6.07, 6.45) is 5.39. The molecule has 0 spiro atoms. The summed E-state index contributed by atoms with van der Waals surface area (Å²) >= 11 is 3.46. The summed E-state index contributed by atoms with van der Waals surface area (Å²) < 4.78 is 1.01. The van der Waals surface area contributed by atoms with Crippen LogP contribution in [0.15, 0.2) is 53.0 Å². The topological polar surface area (TPSA) is 0 Å². The molecule has 0 nitrogen and oxygen atoms in total. The zero-order chi connectivity index (χ0) is 10.7. The summed E-state index contributed by atoms with van der Waals surface area (Å²) in [7, 11) is 0. The third kappa shape index (κ3) is 2.29. The van der Waals surface area contributed by atoms with Gasteiger partial charge in [0, 0.05) is 10.0 Å². The van der Waals surface area contributed by atoms with Gasteiger partial charge in [0.05, 0.1) is 0 Å². The molecule has 0 saturated carbocycles. The van der Waals surface area contributed by atoms with E-state index in [1.54, 1.807) is 0 Å². The lowest BCUT2D eigenvalue weighted by Gasteiger charge is -2.03. The van der Waals surface area contributed by atoms with Crippen LogP contribution in [-0.2, 0) is 0 Å². The molecule has 0 saturated heterocycles. The maximum Gasteiger partial charge on any atom is 0.0259 e. The molecule has 0 unspecified atom stereocenters. The highest BCUT2D eigenvalue weighted by atomic mass is 79.9. The van der Waals surface area contributed by atoms with Crippen LogP contribution in [0.1, 0.15) is 5.56 Å². The van der Waals surface area contributed by atoms with E-state index in [1.807, 2.05) is 30.3 Å². The summed E-state index contributed by atoms with van der Waals surface area (Å²) in [6, 6.07) is 16.2. The predicted octanol–water partition coefficient (Wildman–Crippen LogP) is 4.10. The summed E-state index contributed by atoms with van der Waals surface area (Å²) in [5, 5.41) is 0. The Kier molecular flexibility index (Phi) is 2.89. The number of benzene rings is 2. The third-order valence-corrected chi connectivity index (χ3v) is 2.63. The average molecular weight is 257 g/mol. The van der Waals surface area contributed by atoms with Crippen molar-refractivity contribution in [3.05, 3.63) is 58.6 Å². The second-order valence-electron chi connectivity index (χ2n) is 3.24. The molecular formula is C14H9Br. The molecule has 0 fully saturated rings. The first kappa shape index (κ1) is 10.0. The van der Waals surface area contributed by atoms with Crippen LogP contribution < -0.4 is 0 Å². The minimum absolute atomic E-state index is 0.892. The van der Waals surface area contributed by atoms with Crippen molar-refractivity contribution in [1.29, 1.82) is 0 Å². The quantitative estimate of drug-likeness (QED) is 0.675. The van der Waals surface area contributed by atoms with Gasteiger partial charge in [0.15, 0.2) is 0 Å². The lowest BCUT2D eigenvalue weighted by molar-refractivity contribution is 1.56. The van der Waals surface area contributed by atoms with Gasteiger partial charge in [-0.25, -0.2) is 0 Å². The predicted molar refractivity (Wildman–Crippen MR) is 67.5 cm³/mol. The van der Waals surface area contributed by atoms with Gasteiger partial charge >= 0.3 is 0 Å². The van der Waals surface area contributed by atoms with Crippen molar-refractivity contribution in [2.45, 2.75) is 0 Å². The standard InChI is InChI=1S/C14H9Br/c1-2-11-8-13(10-14(15)9-11)12-6-4-3-5-7-12/h1,3-10H. The van der Waals surface area contributed by atoms with Gasteiger partial charge in [-0.1, -0.05) is 52.2 Å². The van der Waals surface area contributed by atoms with Gasteiger partial charge in [-0.2, -0.15) is 0 Å². The first-order valence-corrected chi connectivity index (χ1v) is 5.41. The average Bonchev–Trinajstić information content (AvgIpc) is 2.29. The number of hydrogen-bond donors (Lipinski definition) is 0. The fraction of sp³-hybridized carbons (Fsp3) is 0. The molecule has 0 atom stereocenters. The van der Waals surface area contributed by atoms with Crippen molar-refractivity contribution >= 4 is 15.9 Å². The largest absolute Gasteiger partial charge is 0.115 e. The molecule has 2 aromatic carbocycles. The van der Waals surface area contributed by atoms with Crippen LogP contribution in [0.4, 0.5) is 0 Å². The lowest BCUT2D eigenvalue weighted by Crippen LogP contribution is -1.80. The normalized spacial score (nSPS) is 9.60. The Labute approximate surface area is 98.1 Å². The van der Waals surface area contributed by atoms with E-state index in [9.17, 15) is 0 Å². The number of terminal acetylenes is 1. The fourth-order valence-corrected chi connectivity index (χ4v) is 1.96. The highest BCUT2D eigenvalue weighted by Gasteiger charge is 1.99. The summed E-state index contributed by atoms with van der Waals surface area (Å²) in [5.41, 5.74) is 3.21. The van der Waals surface area contributed by atoms with Crippen molar-refractivity contribution in [2.24, 2.45) is 0 Å². The van der Waals surface area contributed by atoms with Crippen molar-refractivity contribution in [2.75, 3.05) is 0 Å². The molecule has 0 aliphatic rings. The maximum absolute atomic E-state index is 5.39. The molecule has 15 heavy (non-hydrogen) atoms. The number of rotatable bonds is 1. The van der Waals surface area contributed by atoms with Gasteiger partial charge in [-0.05, 0) is 29.3 Å². The van der Waals surface area contributed by atoms with Gasteiger partial charge in [0.2, 0.25) is 0 Å². The van der Waals surface area contributed by atoms with E-state index in [0.29, 0.717) is 0 Å². The fourth-order valence-electron chi connectivity index (χ4n) is 1.47. The van der Waals surface area contributed by atoms with Crippen LogP contribution in [0.3, 0.4) is 0 Å². The van der Waals surface area contributed by atoms with Crippen LogP contribution >= 0.6 is 15.9 Å². The molecule has 0 aliphatic heterocycles. The summed E-state index contributed by atoms with van der Waals surface area (Å²) in [5.74, 6) is 2.65. The van der Waals surface area contributed by atoms with Crippen LogP contribution in [0.5, 0.6) is 0 Å². The second kappa shape index (κ2) is 4.33. The monoisotopic (exact) mass is 256 g/mol. The van der Waals surface area contributed by atoms with E-state index >= 15 is 0 Å². The van der Waals surface area contributed by atoms with Crippen LogP contribution in [0, 0.1) is 12.3 Å².